The third-order valence-electron chi connectivity index (χ3n) is 2.03. The van der Waals surface area contributed by atoms with Gasteiger partial charge < -0.3 is 9.47 Å². The maximum absolute atomic E-state index is 11.5. The molecule has 0 heterocycles. The van der Waals surface area contributed by atoms with Crippen molar-refractivity contribution in [2.24, 2.45) is 0 Å². The zero-order valence-corrected chi connectivity index (χ0v) is 13.4. The molecule has 0 saturated carbocycles. The Labute approximate surface area is 132 Å². The molecule has 92 valence electrons. The number of benzene rings is 2. The summed E-state index contributed by atoms with van der Waals surface area (Å²) in [6.07, 6.45) is -0.739. The monoisotopic (exact) mass is 466 g/mol. The minimum absolute atomic E-state index is 0.464. The normalized spacial score (nSPS) is 9.89. The summed E-state index contributed by atoms with van der Waals surface area (Å²) >= 11 is 4.36. The van der Waals surface area contributed by atoms with Crippen LogP contribution in [0.15, 0.2) is 48.5 Å². The summed E-state index contributed by atoms with van der Waals surface area (Å²) in [5.41, 5.74) is 0. The molecule has 0 unspecified atom stereocenters. The van der Waals surface area contributed by atoms with Crippen molar-refractivity contribution in [2.75, 3.05) is 0 Å². The molecule has 0 aliphatic heterocycles. The number of hydrogen-bond donors (Lipinski definition) is 0. The Morgan fingerprint density at radius 2 is 1.06 bits per heavy atom. The van der Waals surface area contributed by atoms with E-state index in [1.165, 1.54) is 0 Å². The van der Waals surface area contributed by atoms with Gasteiger partial charge in [-0.3, -0.25) is 0 Å². The molecule has 5 heteroatoms. The van der Waals surface area contributed by atoms with E-state index in [9.17, 15) is 4.79 Å². The Hall–Kier alpha value is -0.830. The average Bonchev–Trinajstić information content (AvgIpc) is 2.35. The van der Waals surface area contributed by atoms with E-state index >= 15 is 0 Å². The number of carbonyl (C=O) groups excluding carboxylic acids is 1. The predicted molar refractivity (Wildman–Crippen MR) is 85.0 cm³/mol. The van der Waals surface area contributed by atoms with Crippen molar-refractivity contribution in [2.45, 2.75) is 0 Å². The molecule has 0 spiro atoms. The van der Waals surface area contributed by atoms with Crippen molar-refractivity contribution in [3.05, 3.63) is 55.7 Å². The van der Waals surface area contributed by atoms with E-state index in [4.69, 9.17) is 9.47 Å². The second-order valence-electron chi connectivity index (χ2n) is 3.36. The summed E-state index contributed by atoms with van der Waals surface area (Å²) < 4.78 is 12.2. The standard InChI is InChI=1S/C13H8I2O3/c14-9-1-5-11(6-2-9)17-13(16)18-12-7-3-10(15)4-8-12/h1-8H. The predicted octanol–water partition coefficient (Wildman–Crippen LogP) is 4.47. The minimum atomic E-state index is -0.739. The summed E-state index contributed by atoms with van der Waals surface area (Å²) in [4.78, 5) is 11.5. The van der Waals surface area contributed by atoms with Gasteiger partial charge in [-0.25, -0.2) is 4.79 Å². The highest BCUT2D eigenvalue weighted by Crippen LogP contribution is 2.17. The minimum Gasteiger partial charge on any atom is -0.395 e. The van der Waals surface area contributed by atoms with Crippen LogP contribution in [0, 0.1) is 7.14 Å². The molecule has 0 fully saturated rings. The average molecular weight is 466 g/mol. The van der Waals surface area contributed by atoms with Gasteiger partial charge in [0, 0.05) is 7.14 Å². The number of carbonyl (C=O) groups is 1. The SMILES string of the molecule is O=C(Oc1ccc(I)cc1)Oc1ccc(I)cc1. The van der Waals surface area contributed by atoms with Gasteiger partial charge in [-0.2, -0.15) is 0 Å². The van der Waals surface area contributed by atoms with Crippen LogP contribution in [-0.2, 0) is 0 Å². The molecule has 0 N–H and O–H groups in total. The molecular formula is C13H8I2O3. The van der Waals surface area contributed by atoms with Gasteiger partial charge in [-0.05, 0) is 93.7 Å². The summed E-state index contributed by atoms with van der Waals surface area (Å²) in [6.45, 7) is 0. The molecule has 2 aromatic carbocycles. The van der Waals surface area contributed by atoms with Gasteiger partial charge in [0.2, 0.25) is 0 Å². The maximum atomic E-state index is 11.5. The van der Waals surface area contributed by atoms with Crippen LogP contribution in [0.5, 0.6) is 11.5 Å². The highest BCUT2D eigenvalue weighted by Gasteiger charge is 2.07. The molecule has 0 aromatic heterocycles. The molecule has 0 radical (unpaired) electrons. The van der Waals surface area contributed by atoms with Crippen LogP contribution in [0.2, 0.25) is 0 Å². The fourth-order valence-electron chi connectivity index (χ4n) is 1.22. The van der Waals surface area contributed by atoms with E-state index < -0.39 is 6.16 Å². The number of hydrogen-bond acceptors (Lipinski definition) is 3. The molecule has 18 heavy (non-hydrogen) atoms. The van der Waals surface area contributed by atoms with E-state index in [1.807, 2.05) is 24.3 Å². The van der Waals surface area contributed by atoms with Crippen molar-refractivity contribution < 1.29 is 14.3 Å². The first-order valence-corrected chi connectivity index (χ1v) is 7.20. The van der Waals surface area contributed by atoms with Gasteiger partial charge in [0.05, 0.1) is 0 Å². The first-order valence-electron chi connectivity index (χ1n) is 5.04. The van der Waals surface area contributed by atoms with Crippen LogP contribution in [0.3, 0.4) is 0 Å². The van der Waals surface area contributed by atoms with Gasteiger partial charge in [0.15, 0.2) is 0 Å². The van der Waals surface area contributed by atoms with Crippen LogP contribution in [0.25, 0.3) is 0 Å². The van der Waals surface area contributed by atoms with Crippen LogP contribution in [-0.4, -0.2) is 6.16 Å². The van der Waals surface area contributed by atoms with Crippen molar-refractivity contribution in [3.63, 3.8) is 0 Å². The Morgan fingerprint density at radius 1 is 0.722 bits per heavy atom. The van der Waals surface area contributed by atoms with Crippen molar-refractivity contribution in [1.82, 2.24) is 0 Å². The van der Waals surface area contributed by atoms with Crippen molar-refractivity contribution in [1.29, 1.82) is 0 Å². The van der Waals surface area contributed by atoms with E-state index in [0.717, 1.165) is 7.14 Å². The van der Waals surface area contributed by atoms with Crippen molar-refractivity contribution in [3.8, 4) is 11.5 Å². The molecule has 0 bridgehead atoms. The first kappa shape index (κ1) is 13.6. The Morgan fingerprint density at radius 3 is 1.39 bits per heavy atom. The van der Waals surface area contributed by atoms with Gasteiger partial charge in [-0.1, -0.05) is 0 Å². The summed E-state index contributed by atoms with van der Waals surface area (Å²) in [5, 5.41) is 0. The van der Waals surface area contributed by atoms with E-state index in [2.05, 4.69) is 45.2 Å². The fourth-order valence-corrected chi connectivity index (χ4v) is 1.94. The van der Waals surface area contributed by atoms with Crippen molar-refractivity contribution >= 4 is 51.3 Å². The highest BCUT2D eigenvalue weighted by molar-refractivity contribution is 14.1. The smallest absolute Gasteiger partial charge is 0.395 e. The van der Waals surface area contributed by atoms with E-state index in [1.54, 1.807) is 24.3 Å². The zero-order chi connectivity index (χ0) is 13.0. The van der Waals surface area contributed by atoms with Crippen LogP contribution in [0.4, 0.5) is 4.79 Å². The Balaban J connectivity index is 1.96. The Bertz CT molecular complexity index is 486. The van der Waals surface area contributed by atoms with E-state index in [-0.39, 0.29) is 0 Å². The lowest BCUT2D eigenvalue weighted by Gasteiger charge is -2.05. The molecule has 0 aliphatic carbocycles. The van der Waals surface area contributed by atoms with Gasteiger partial charge in [0.25, 0.3) is 0 Å². The summed E-state index contributed by atoms with van der Waals surface area (Å²) in [7, 11) is 0. The molecule has 0 saturated heterocycles. The molecule has 0 atom stereocenters. The van der Waals surface area contributed by atoms with E-state index in [0.29, 0.717) is 11.5 Å². The lowest BCUT2D eigenvalue weighted by Crippen LogP contribution is -2.13. The van der Waals surface area contributed by atoms with Gasteiger partial charge in [0.1, 0.15) is 11.5 Å². The largest absolute Gasteiger partial charge is 0.519 e. The lowest BCUT2D eigenvalue weighted by molar-refractivity contribution is 0.152. The van der Waals surface area contributed by atoms with Crippen LogP contribution in [0.1, 0.15) is 0 Å². The second-order valence-corrected chi connectivity index (χ2v) is 5.85. The molecule has 0 aliphatic rings. The first-order chi connectivity index (χ1) is 8.63. The molecule has 3 nitrogen and oxygen atoms in total. The Kier molecular flexibility index (Phi) is 4.81. The molecule has 0 amide bonds. The second kappa shape index (κ2) is 6.37. The van der Waals surface area contributed by atoms with Gasteiger partial charge >= 0.3 is 6.16 Å². The summed E-state index contributed by atoms with van der Waals surface area (Å²) in [5.74, 6) is 0.928. The van der Waals surface area contributed by atoms with Crippen LogP contribution < -0.4 is 9.47 Å². The van der Waals surface area contributed by atoms with Crippen LogP contribution >= 0.6 is 45.2 Å². The number of ether oxygens (including phenoxy) is 2. The summed E-state index contributed by atoms with van der Waals surface area (Å²) in [6, 6.07) is 14.3. The zero-order valence-electron chi connectivity index (χ0n) is 9.10. The molecular weight excluding hydrogens is 458 g/mol. The third kappa shape index (κ3) is 4.13. The molecule has 2 aromatic rings. The molecule has 2 rings (SSSR count). The quantitative estimate of drug-likeness (QED) is 0.373. The number of rotatable bonds is 2. The lowest BCUT2D eigenvalue weighted by atomic mass is 10.3. The number of halogens is 2. The topological polar surface area (TPSA) is 35.5 Å². The maximum Gasteiger partial charge on any atom is 0.519 e. The van der Waals surface area contributed by atoms with Gasteiger partial charge in [-0.15, -0.1) is 0 Å². The third-order valence-corrected chi connectivity index (χ3v) is 3.47. The fraction of sp³-hybridized carbons (Fsp3) is 0. The highest BCUT2D eigenvalue weighted by atomic mass is 127.